The van der Waals surface area contributed by atoms with E-state index in [0.29, 0.717) is 0 Å². The Morgan fingerprint density at radius 2 is 1.86 bits per heavy atom. The minimum Gasteiger partial charge on any atom is -0.464 e. The van der Waals surface area contributed by atoms with Crippen molar-refractivity contribution in [3.8, 4) is 0 Å². The van der Waals surface area contributed by atoms with Gasteiger partial charge in [-0.05, 0) is 18.9 Å². The number of anilines is 1. The highest BCUT2D eigenvalue weighted by Gasteiger charge is 2.24. The van der Waals surface area contributed by atoms with E-state index in [-0.39, 0.29) is 17.2 Å². The summed E-state index contributed by atoms with van der Waals surface area (Å²) in [5, 5.41) is 11.2. The summed E-state index contributed by atoms with van der Waals surface area (Å²) in [6.45, 7) is 1.44. The highest BCUT2D eigenvalue weighted by molar-refractivity contribution is 5.88. The lowest BCUT2D eigenvalue weighted by atomic mass is 10.1. The molecule has 0 bridgehead atoms. The molecule has 1 aliphatic heterocycles. The van der Waals surface area contributed by atoms with Crippen LogP contribution in [0.3, 0.4) is 0 Å². The summed E-state index contributed by atoms with van der Waals surface area (Å²) >= 11 is 0. The summed E-state index contributed by atoms with van der Waals surface area (Å²) in [4.78, 5) is 28.4. The topological polar surface area (TPSA) is 85.6 Å². The van der Waals surface area contributed by atoms with Crippen molar-refractivity contribution >= 4 is 17.5 Å². The van der Waals surface area contributed by atoms with E-state index in [0.717, 1.165) is 38.8 Å². The van der Waals surface area contributed by atoms with Crippen molar-refractivity contribution in [2.45, 2.75) is 32.1 Å². The highest BCUT2D eigenvalue weighted by atomic mass is 16.6. The highest BCUT2D eigenvalue weighted by Crippen LogP contribution is 2.28. The zero-order valence-electron chi connectivity index (χ0n) is 12.1. The van der Waals surface area contributed by atoms with Gasteiger partial charge >= 0.3 is 11.7 Å². The maximum atomic E-state index is 11.6. The summed E-state index contributed by atoms with van der Waals surface area (Å²) in [5.41, 5.74) is 0.0309. The summed E-state index contributed by atoms with van der Waals surface area (Å²) in [5.74, 6) is -0.317. The number of pyridine rings is 1. The minimum absolute atomic E-state index is 0.0665. The number of ether oxygens (including phenoxy) is 1. The molecule has 1 aromatic heterocycles. The normalized spacial score (nSPS) is 16.0. The molecular weight excluding hydrogens is 274 g/mol. The molecule has 0 radical (unpaired) electrons. The van der Waals surface area contributed by atoms with Crippen LogP contribution in [0.15, 0.2) is 12.1 Å². The van der Waals surface area contributed by atoms with Crippen LogP contribution in [0.2, 0.25) is 0 Å². The van der Waals surface area contributed by atoms with E-state index in [1.807, 2.05) is 4.90 Å². The number of rotatable bonds is 3. The molecule has 1 saturated heterocycles. The Morgan fingerprint density at radius 3 is 2.43 bits per heavy atom. The van der Waals surface area contributed by atoms with Crippen LogP contribution < -0.4 is 4.90 Å². The monoisotopic (exact) mass is 293 g/mol. The fourth-order valence-electron chi connectivity index (χ4n) is 2.49. The van der Waals surface area contributed by atoms with Gasteiger partial charge in [0.1, 0.15) is 0 Å². The molecule has 0 unspecified atom stereocenters. The number of hydrogen-bond donors (Lipinski definition) is 0. The molecule has 21 heavy (non-hydrogen) atoms. The summed E-state index contributed by atoms with van der Waals surface area (Å²) in [7, 11) is 1.27. The fraction of sp³-hybridized carbons (Fsp3) is 0.571. The van der Waals surface area contributed by atoms with Crippen molar-refractivity contribution in [3.05, 3.63) is 27.9 Å². The van der Waals surface area contributed by atoms with Gasteiger partial charge in [0.15, 0.2) is 5.69 Å². The van der Waals surface area contributed by atoms with Gasteiger partial charge in [-0.2, -0.15) is 0 Å². The van der Waals surface area contributed by atoms with E-state index in [1.165, 1.54) is 25.7 Å². The van der Waals surface area contributed by atoms with Crippen LogP contribution in [0, 0.1) is 10.1 Å². The fourth-order valence-corrected chi connectivity index (χ4v) is 2.49. The van der Waals surface area contributed by atoms with Crippen LogP contribution in [-0.2, 0) is 4.74 Å². The molecule has 2 rings (SSSR count). The summed E-state index contributed by atoms with van der Waals surface area (Å²) < 4.78 is 4.63. The SMILES string of the molecule is COC(=O)c1ccc([N+](=O)[O-])c(N2CCCCCCC2)n1. The van der Waals surface area contributed by atoms with E-state index < -0.39 is 10.9 Å². The second kappa shape index (κ2) is 7.01. The second-order valence-corrected chi connectivity index (χ2v) is 5.04. The Balaban J connectivity index is 2.36. The molecule has 1 aliphatic rings. The average molecular weight is 293 g/mol. The lowest BCUT2D eigenvalue weighted by molar-refractivity contribution is -0.384. The van der Waals surface area contributed by atoms with Crippen LogP contribution in [0.4, 0.5) is 11.5 Å². The largest absolute Gasteiger partial charge is 0.464 e. The van der Waals surface area contributed by atoms with Crippen molar-refractivity contribution < 1.29 is 14.5 Å². The predicted octanol–water partition coefficient (Wildman–Crippen LogP) is 2.55. The van der Waals surface area contributed by atoms with Gasteiger partial charge in [0.2, 0.25) is 5.82 Å². The molecular formula is C14H19N3O4. The number of nitrogens with zero attached hydrogens (tertiary/aromatic N) is 3. The lowest BCUT2D eigenvalue weighted by Crippen LogP contribution is -2.29. The third-order valence-corrected chi connectivity index (χ3v) is 3.60. The molecule has 7 heteroatoms. The first-order valence-electron chi connectivity index (χ1n) is 7.12. The van der Waals surface area contributed by atoms with E-state index in [4.69, 9.17) is 0 Å². The maximum absolute atomic E-state index is 11.6. The number of aromatic nitrogens is 1. The first kappa shape index (κ1) is 15.2. The summed E-state index contributed by atoms with van der Waals surface area (Å²) in [6, 6.07) is 2.66. The van der Waals surface area contributed by atoms with Crippen LogP contribution in [0.5, 0.6) is 0 Å². The van der Waals surface area contributed by atoms with E-state index in [2.05, 4.69) is 9.72 Å². The maximum Gasteiger partial charge on any atom is 0.356 e. The van der Waals surface area contributed by atoms with Gasteiger partial charge in [0.05, 0.1) is 12.0 Å². The van der Waals surface area contributed by atoms with E-state index in [1.54, 1.807) is 0 Å². The van der Waals surface area contributed by atoms with Crippen LogP contribution in [0.1, 0.15) is 42.6 Å². The Bertz CT molecular complexity index is 525. The molecule has 0 aliphatic carbocycles. The summed E-state index contributed by atoms with van der Waals surface area (Å²) in [6.07, 6.45) is 5.37. The molecule has 1 aromatic rings. The van der Waals surface area contributed by atoms with Crippen molar-refractivity contribution in [2.75, 3.05) is 25.1 Å². The van der Waals surface area contributed by atoms with Crippen LogP contribution in [-0.4, -0.2) is 36.1 Å². The average Bonchev–Trinajstić information content (AvgIpc) is 2.45. The van der Waals surface area contributed by atoms with Crippen molar-refractivity contribution in [3.63, 3.8) is 0 Å². The van der Waals surface area contributed by atoms with Gasteiger partial charge in [-0.3, -0.25) is 10.1 Å². The zero-order valence-corrected chi connectivity index (χ0v) is 12.1. The minimum atomic E-state index is -0.585. The van der Waals surface area contributed by atoms with Gasteiger partial charge in [-0.25, -0.2) is 9.78 Å². The number of methoxy groups -OCH3 is 1. The van der Waals surface area contributed by atoms with Crippen LogP contribution >= 0.6 is 0 Å². The molecule has 0 atom stereocenters. The Hall–Kier alpha value is -2.18. The third kappa shape index (κ3) is 3.68. The number of esters is 1. The van der Waals surface area contributed by atoms with Crippen molar-refractivity contribution in [1.29, 1.82) is 0 Å². The standard InChI is InChI=1S/C14H19N3O4/c1-21-14(18)11-7-8-12(17(19)20)13(15-11)16-9-5-3-2-4-6-10-16/h7-8H,2-6,9-10H2,1H3. The Labute approximate surface area is 123 Å². The molecule has 0 aromatic carbocycles. The molecule has 0 saturated carbocycles. The van der Waals surface area contributed by atoms with Gasteiger partial charge in [0.25, 0.3) is 0 Å². The van der Waals surface area contributed by atoms with Gasteiger partial charge in [-0.15, -0.1) is 0 Å². The van der Waals surface area contributed by atoms with Crippen molar-refractivity contribution in [2.24, 2.45) is 0 Å². The molecule has 0 spiro atoms. The quantitative estimate of drug-likeness (QED) is 0.483. The molecule has 7 nitrogen and oxygen atoms in total. The zero-order chi connectivity index (χ0) is 15.2. The van der Waals surface area contributed by atoms with E-state index in [9.17, 15) is 14.9 Å². The van der Waals surface area contributed by atoms with Gasteiger partial charge in [-0.1, -0.05) is 19.3 Å². The first-order valence-corrected chi connectivity index (χ1v) is 7.12. The van der Waals surface area contributed by atoms with E-state index >= 15 is 0 Å². The molecule has 1 fully saturated rings. The Kier molecular flexibility index (Phi) is 5.08. The molecule has 0 N–H and O–H groups in total. The number of nitro groups is 1. The number of carbonyl (C=O) groups excluding carboxylic acids is 1. The van der Waals surface area contributed by atoms with Crippen molar-refractivity contribution in [1.82, 2.24) is 4.98 Å². The third-order valence-electron chi connectivity index (χ3n) is 3.60. The lowest BCUT2D eigenvalue weighted by Gasteiger charge is -2.25. The second-order valence-electron chi connectivity index (χ2n) is 5.04. The van der Waals surface area contributed by atoms with Gasteiger partial charge < -0.3 is 9.64 Å². The smallest absolute Gasteiger partial charge is 0.356 e. The molecule has 114 valence electrons. The predicted molar refractivity (Wildman–Crippen MR) is 77.5 cm³/mol. The first-order chi connectivity index (χ1) is 10.1. The van der Waals surface area contributed by atoms with Gasteiger partial charge in [0, 0.05) is 19.2 Å². The molecule has 2 heterocycles. The number of carbonyl (C=O) groups is 1. The molecule has 0 amide bonds. The Morgan fingerprint density at radius 1 is 1.24 bits per heavy atom. The van der Waals surface area contributed by atoms with Crippen LogP contribution in [0.25, 0.3) is 0 Å². The number of hydrogen-bond acceptors (Lipinski definition) is 6.